The molecule has 0 radical (unpaired) electrons. The summed E-state index contributed by atoms with van der Waals surface area (Å²) in [5.41, 5.74) is 5.16. The van der Waals surface area contributed by atoms with Crippen LogP contribution in [-0.4, -0.2) is 66.6 Å². The molecule has 0 spiro atoms. The van der Waals surface area contributed by atoms with Gasteiger partial charge in [0.1, 0.15) is 11.1 Å². The van der Waals surface area contributed by atoms with Crippen LogP contribution in [0.3, 0.4) is 0 Å². The maximum Gasteiger partial charge on any atom is 0.410 e. The zero-order valence-corrected chi connectivity index (χ0v) is 23.9. The highest BCUT2D eigenvalue weighted by Gasteiger charge is 2.27. The van der Waals surface area contributed by atoms with Crippen LogP contribution in [0, 0.1) is 0 Å². The first-order valence-electron chi connectivity index (χ1n) is 14.1. The average Bonchev–Trinajstić information content (AvgIpc) is 3.38. The molecule has 0 atom stereocenters. The number of rotatable bonds is 5. The molecule has 1 aliphatic rings. The van der Waals surface area contributed by atoms with Gasteiger partial charge >= 0.3 is 6.09 Å². The first-order valence-corrected chi connectivity index (χ1v) is 14.1. The number of benzene rings is 2. The minimum absolute atomic E-state index is 0.00610. The topological polar surface area (TPSA) is 115 Å². The van der Waals surface area contributed by atoms with Crippen LogP contribution < -0.4 is 5.32 Å². The van der Waals surface area contributed by atoms with Gasteiger partial charge in [-0.05, 0) is 81.6 Å². The van der Waals surface area contributed by atoms with Gasteiger partial charge in [0.2, 0.25) is 0 Å². The number of ether oxygens (including phenoxy) is 1. The Kier molecular flexibility index (Phi) is 7.28. The molecule has 4 heterocycles. The molecule has 6 rings (SSSR count). The van der Waals surface area contributed by atoms with Crippen LogP contribution in [0.25, 0.3) is 33.3 Å². The number of piperidine rings is 1. The fourth-order valence-corrected chi connectivity index (χ4v) is 5.11. The highest BCUT2D eigenvalue weighted by molar-refractivity contribution is 5.95. The normalized spacial score (nSPS) is 14.3. The molecule has 5 aromatic rings. The number of carbonyl (C=O) groups excluding carboxylic acids is 2. The smallest absolute Gasteiger partial charge is 0.410 e. The monoisotopic (exact) mass is 563 g/mol. The van der Waals surface area contributed by atoms with Gasteiger partial charge in [0.25, 0.3) is 5.91 Å². The van der Waals surface area contributed by atoms with Crippen molar-refractivity contribution in [1.29, 1.82) is 0 Å². The second kappa shape index (κ2) is 11.2. The molecule has 10 heteroatoms. The third-order valence-corrected chi connectivity index (χ3v) is 7.28. The van der Waals surface area contributed by atoms with Gasteiger partial charge in [-0.3, -0.25) is 9.78 Å². The Morgan fingerprint density at radius 1 is 0.976 bits per heavy atom. The van der Waals surface area contributed by atoms with E-state index in [1.807, 2.05) is 81.4 Å². The zero-order chi connectivity index (χ0) is 29.3. The lowest BCUT2D eigenvalue weighted by molar-refractivity contribution is 0.0199. The van der Waals surface area contributed by atoms with Crippen LogP contribution in [0.15, 0.2) is 72.9 Å². The Morgan fingerprint density at radius 3 is 2.50 bits per heavy atom. The predicted molar refractivity (Wildman–Crippen MR) is 160 cm³/mol. The van der Waals surface area contributed by atoms with Crippen molar-refractivity contribution in [3.8, 4) is 11.3 Å². The molecule has 0 bridgehead atoms. The molecular weight excluding hydrogens is 530 g/mol. The highest BCUT2D eigenvalue weighted by atomic mass is 16.6. The molecule has 10 nitrogen and oxygen atoms in total. The molecule has 2 amide bonds. The molecule has 2 aromatic carbocycles. The van der Waals surface area contributed by atoms with E-state index in [1.165, 1.54) is 0 Å². The van der Waals surface area contributed by atoms with Gasteiger partial charge in [-0.25, -0.2) is 14.5 Å². The van der Waals surface area contributed by atoms with Gasteiger partial charge in [-0.2, -0.15) is 0 Å². The number of carbonyl (C=O) groups is 2. The quantitative estimate of drug-likeness (QED) is 0.312. The van der Waals surface area contributed by atoms with Gasteiger partial charge in [-0.1, -0.05) is 29.5 Å². The molecule has 1 fully saturated rings. The molecule has 1 saturated heterocycles. The number of nitrogens with zero attached hydrogens (tertiary/aromatic N) is 6. The summed E-state index contributed by atoms with van der Waals surface area (Å²) in [5.74, 6) is -0.131. The van der Waals surface area contributed by atoms with Crippen molar-refractivity contribution in [3.63, 3.8) is 0 Å². The number of likely N-dealkylation sites (tertiary alicyclic amines) is 1. The van der Waals surface area contributed by atoms with Gasteiger partial charge in [0.15, 0.2) is 5.65 Å². The summed E-state index contributed by atoms with van der Waals surface area (Å²) in [5, 5.41) is 12.8. The van der Waals surface area contributed by atoms with Gasteiger partial charge in [-0.15, -0.1) is 5.10 Å². The summed E-state index contributed by atoms with van der Waals surface area (Å²) in [4.78, 5) is 36.2. The largest absolute Gasteiger partial charge is 0.444 e. The molecule has 1 aliphatic heterocycles. The molecule has 3 aromatic heterocycles. The fourth-order valence-electron chi connectivity index (χ4n) is 5.11. The minimum Gasteiger partial charge on any atom is -0.444 e. The van der Waals surface area contributed by atoms with Crippen LogP contribution in [0.2, 0.25) is 0 Å². The van der Waals surface area contributed by atoms with Crippen molar-refractivity contribution in [2.45, 2.75) is 51.8 Å². The number of aromatic nitrogens is 5. The summed E-state index contributed by atoms with van der Waals surface area (Å²) in [7, 11) is 0. The van der Waals surface area contributed by atoms with Crippen LogP contribution in [0.1, 0.15) is 49.5 Å². The van der Waals surface area contributed by atoms with Gasteiger partial charge < -0.3 is 15.0 Å². The number of amides is 2. The number of pyridine rings is 2. The SMILES string of the molecule is CC(C)(C)OC(=O)N1CCC(NC(=O)c2ccc(-c3ccc4nnn(Cc5ccc6ncccc6c5)c4n3)cc2)CC1. The Morgan fingerprint density at radius 2 is 1.74 bits per heavy atom. The Labute approximate surface area is 243 Å². The first-order chi connectivity index (χ1) is 20.2. The van der Waals surface area contributed by atoms with E-state index in [0.29, 0.717) is 43.7 Å². The first kappa shape index (κ1) is 27.3. The van der Waals surface area contributed by atoms with E-state index in [2.05, 4.69) is 26.7 Å². The maximum absolute atomic E-state index is 12.9. The third-order valence-electron chi connectivity index (χ3n) is 7.28. The fraction of sp³-hybridized carbons (Fsp3) is 0.312. The number of nitrogens with one attached hydrogen (secondary N) is 1. The summed E-state index contributed by atoms with van der Waals surface area (Å²) in [6.45, 7) is 7.21. The number of hydrogen-bond acceptors (Lipinski definition) is 7. The Balaban J connectivity index is 1.10. The van der Waals surface area contributed by atoms with Gasteiger partial charge in [0, 0.05) is 41.8 Å². The highest BCUT2D eigenvalue weighted by Crippen LogP contribution is 2.22. The van der Waals surface area contributed by atoms with Crippen molar-refractivity contribution in [2.24, 2.45) is 0 Å². The molecule has 214 valence electrons. The van der Waals surface area contributed by atoms with Crippen LogP contribution >= 0.6 is 0 Å². The van der Waals surface area contributed by atoms with E-state index >= 15 is 0 Å². The van der Waals surface area contributed by atoms with E-state index < -0.39 is 5.60 Å². The van der Waals surface area contributed by atoms with Crippen LogP contribution in [-0.2, 0) is 11.3 Å². The summed E-state index contributed by atoms with van der Waals surface area (Å²) < 4.78 is 7.26. The lowest BCUT2D eigenvalue weighted by atomic mass is 10.0. The van der Waals surface area contributed by atoms with Crippen molar-refractivity contribution in [3.05, 3.63) is 84.1 Å². The van der Waals surface area contributed by atoms with Crippen LogP contribution in [0.4, 0.5) is 4.79 Å². The van der Waals surface area contributed by atoms with E-state index in [0.717, 1.165) is 33.2 Å². The number of fused-ring (bicyclic) bond motifs is 2. The van der Waals surface area contributed by atoms with Crippen LogP contribution in [0.5, 0.6) is 0 Å². The van der Waals surface area contributed by atoms with E-state index in [9.17, 15) is 9.59 Å². The maximum atomic E-state index is 12.9. The zero-order valence-electron chi connectivity index (χ0n) is 23.9. The minimum atomic E-state index is -0.524. The standard InChI is InChI=1S/C32H33N7O3/c1-32(2,3)42-31(41)38-17-14-25(15-18-38)34-30(40)23-9-7-22(8-10-23)27-12-13-28-29(35-27)39(37-36-28)20-21-6-11-26-24(19-21)5-4-16-33-26/h4-13,16,19,25H,14-15,17-18,20H2,1-3H3,(H,34,40). The molecule has 0 unspecified atom stereocenters. The summed E-state index contributed by atoms with van der Waals surface area (Å²) in [6.07, 6.45) is 2.85. The second-order valence-electron chi connectivity index (χ2n) is 11.6. The van der Waals surface area contributed by atoms with E-state index in [1.54, 1.807) is 15.8 Å². The van der Waals surface area contributed by atoms with Crippen molar-refractivity contribution in [1.82, 2.24) is 35.2 Å². The van der Waals surface area contributed by atoms with Crippen molar-refractivity contribution < 1.29 is 14.3 Å². The third kappa shape index (κ3) is 6.07. The lowest BCUT2D eigenvalue weighted by Crippen LogP contribution is -2.47. The Bertz CT molecular complexity index is 1750. The predicted octanol–water partition coefficient (Wildman–Crippen LogP) is 5.22. The molecule has 1 N–H and O–H groups in total. The van der Waals surface area contributed by atoms with E-state index in [4.69, 9.17) is 9.72 Å². The summed E-state index contributed by atoms with van der Waals surface area (Å²) >= 11 is 0. The molecular formula is C32H33N7O3. The lowest BCUT2D eigenvalue weighted by Gasteiger charge is -2.33. The van der Waals surface area contributed by atoms with Gasteiger partial charge in [0.05, 0.1) is 17.8 Å². The molecule has 0 aliphatic carbocycles. The Hall–Kier alpha value is -4.86. The molecule has 42 heavy (non-hydrogen) atoms. The summed E-state index contributed by atoms with van der Waals surface area (Å²) in [6, 6.07) is 21.4. The van der Waals surface area contributed by atoms with Crippen molar-refractivity contribution in [2.75, 3.05) is 13.1 Å². The molecule has 0 saturated carbocycles. The second-order valence-corrected chi connectivity index (χ2v) is 11.6. The average molecular weight is 564 g/mol. The van der Waals surface area contributed by atoms with Crippen molar-refractivity contribution >= 4 is 34.1 Å². The van der Waals surface area contributed by atoms with E-state index in [-0.39, 0.29) is 18.0 Å². The number of hydrogen-bond donors (Lipinski definition) is 1.